The van der Waals surface area contributed by atoms with Crippen LogP contribution < -0.4 is 10.6 Å². The molecule has 1 fully saturated rings. The molecule has 0 radical (unpaired) electrons. The van der Waals surface area contributed by atoms with Gasteiger partial charge >= 0.3 is 0 Å². The van der Waals surface area contributed by atoms with Crippen molar-refractivity contribution in [3.05, 3.63) is 83.7 Å². The van der Waals surface area contributed by atoms with Crippen molar-refractivity contribution in [2.75, 3.05) is 18.4 Å². The number of carbonyl (C=O) groups excluding carboxylic acids is 2. The van der Waals surface area contributed by atoms with Crippen molar-refractivity contribution < 1.29 is 9.59 Å². The van der Waals surface area contributed by atoms with Crippen molar-refractivity contribution in [3.8, 4) is 0 Å². The van der Waals surface area contributed by atoms with Gasteiger partial charge in [0, 0.05) is 48.8 Å². The van der Waals surface area contributed by atoms with Crippen LogP contribution in [0.1, 0.15) is 39.1 Å². The van der Waals surface area contributed by atoms with Gasteiger partial charge in [0.2, 0.25) is 5.95 Å². The Morgan fingerprint density at radius 1 is 0.900 bits per heavy atom. The lowest BCUT2D eigenvalue weighted by molar-refractivity contribution is 0.0792. The van der Waals surface area contributed by atoms with E-state index >= 15 is 0 Å². The number of hydrogen-bond donors (Lipinski definition) is 2. The number of likely N-dealkylation sites (tertiary alicyclic amines) is 1. The molecule has 152 valence electrons. The highest BCUT2D eigenvalue weighted by atomic mass is 16.2. The van der Waals surface area contributed by atoms with E-state index in [4.69, 9.17) is 0 Å². The van der Waals surface area contributed by atoms with Gasteiger partial charge in [0.15, 0.2) is 0 Å². The van der Waals surface area contributed by atoms with Gasteiger partial charge in [-0.05, 0) is 54.8 Å². The van der Waals surface area contributed by atoms with Crippen molar-refractivity contribution in [3.63, 3.8) is 0 Å². The number of anilines is 2. The second kappa shape index (κ2) is 9.17. The Morgan fingerprint density at radius 3 is 2.37 bits per heavy atom. The monoisotopic (exact) mass is 401 g/mol. The number of nitrogens with one attached hydrogen (secondary N) is 2. The molecule has 7 heteroatoms. The summed E-state index contributed by atoms with van der Waals surface area (Å²) < 4.78 is 0. The van der Waals surface area contributed by atoms with Crippen LogP contribution in [-0.2, 0) is 6.54 Å². The molecule has 0 spiro atoms. The normalized spacial score (nSPS) is 13.1. The molecule has 2 amide bonds. The number of benzene rings is 2. The summed E-state index contributed by atoms with van der Waals surface area (Å²) in [5.74, 6) is 0.373. The fraction of sp³-hybridized carbons (Fsp3) is 0.217. The number of rotatable bonds is 6. The van der Waals surface area contributed by atoms with E-state index in [1.54, 1.807) is 36.7 Å². The van der Waals surface area contributed by atoms with Gasteiger partial charge in [-0.1, -0.05) is 18.2 Å². The highest BCUT2D eigenvalue weighted by molar-refractivity contribution is 5.95. The summed E-state index contributed by atoms with van der Waals surface area (Å²) in [6, 6.07) is 16.3. The largest absolute Gasteiger partial charge is 0.348 e. The number of aromatic nitrogens is 2. The predicted octanol–water partition coefficient (Wildman–Crippen LogP) is 3.39. The zero-order valence-corrected chi connectivity index (χ0v) is 16.5. The van der Waals surface area contributed by atoms with E-state index in [-0.39, 0.29) is 11.8 Å². The Bertz CT molecular complexity index is 1020. The van der Waals surface area contributed by atoms with Crippen LogP contribution in [0.3, 0.4) is 0 Å². The molecule has 3 aromatic rings. The molecule has 0 unspecified atom stereocenters. The molecule has 2 heterocycles. The van der Waals surface area contributed by atoms with Crippen LogP contribution in [0, 0.1) is 0 Å². The van der Waals surface area contributed by atoms with Gasteiger partial charge in [0.25, 0.3) is 11.8 Å². The molecular weight excluding hydrogens is 378 g/mol. The molecule has 7 nitrogen and oxygen atoms in total. The first-order valence-corrected chi connectivity index (χ1v) is 9.99. The second-order valence-corrected chi connectivity index (χ2v) is 7.16. The molecule has 30 heavy (non-hydrogen) atoms. The van der Waals surface area contributed by atoms with Crippen LogP contribution in [0.25, 0.3) is 0 Å². The highest BCUT2D eigenvalue weighted by Crippen LogP contribution is 2.16. The first-order chi connectivity index (χ1) is 14.7. The quantitative estimate of drug-likeness (QED) is 0.661. The van der Waals surface area contributed by atoms with Crippen molar-refractivity contribution in [2.45, 2.75) is 19.4 Å². The Kier molecular flexibility index (Phi) is 5.98. The number of amides is 2. The fourth-order valence-electron chi connectivity index (χ4n) is 3.38. The SMILES string of the molecule is O=C(NCc1ccc(C(=O)N2CCCC2)cc1)c1cccc(Nc2ncccn2)c1. The van der Waals surface area contributed by atoms with E-state index in [0.29, 0.717) is 23.6 Å². The minimum absolute atomic E-state index is 0.0785. The third-order valence-electron chi connectivity index (χ3n) is 4.99. The Hall–Kier alpha value is -3.74. The van der Waals surface area contributed by atoms with Gasteiger partial charge in [-0.2, -0.15) is 0 Å². The van der Waals surface area contributed by atoms with Crippen LogP contribution in [0.2, 0.25) is 0 Å². The average Bonchev–Trinajstić information content (AvgIpc) is 3.33. The Balaban J connectivity index is 1.34. The molecule has 0 aliphatic carbocycles. The summed E-state index contributed by atoms with van der Waals surface area (Å²) in [5, 5.41) is 5.99. The van der Waals surface area contributed by atoms with Crippen molar-refractivity contribution in [1.82, 2.24) is 20.2 Å². The lowest BCUT2D eigenvalue weighted by Gasteiger charge is -2.15. The van der Waals surface area contributed by atoms with E-state index in [1.807, 2.05) is 35.2 Å². The molecule has 0 bridgehead atoms. The molecular formula is C23H23N5O2. The third-order valence-corrected chi connectivity index (χ3v) is 4.99. The maximum absolute atomic E-state index is 12.5. The molecule has 2 N–H and O–H groups in total. The van der Waals surface area contributed by atoms with Crippen LogP contribution in [0.4, 0.5) is 11.6 Å². The molecule has 1 aromatic heterocycles. The molecule has 0 saturated carbocycles. The topological polar surface area (TPSA) is 87.2 Å². The summed E-state index contributed by atoms with van der Waals surface area (Å²) in [6.07, 6.45) is 5.45. The first kappa shape index (κ1) is 19.6. The van der Waals surface area contributed by atoms with Gasteiger partial charge in [0.1, 0.15) is 0 Å². The zero-order chi connectivity index (χ0) is 20.8. The number of carbonyl (C=O) groups is 2. The van der Waals surface area contributed by atoms with Gasteiger partial charge in [-0.15, -0.1) is 0 Å². The van der Waals surface area contributed by atoms with Crippen molar-refractivity contribution in [2.24, 2.45) is 0 Å². The van der Waals surface area contributed by atoms with E-state index in [2.05, 4.69) is 20.6 Å². The summed E-state index contributed by atoms with van der Waals surface area (Å²) in [7, 11) is 0. The zero-order valence-electron chi connectivity index (χ0n) is 16.5. The lowest BCUT2D eigenvalue weighted by Crippen LogP contribution is -2.27. The van der Waals surface area contributed by atoms with Gasteiger partial charge < -0.3 is 15.5 Å². The van der Waals surface area contributed by atoms with Gasteiger partial charge in [-0.25, -0.2) is 9.97 Å². The Labute approximate surface area is 175 Å². The number of nitrogens with zero attached hydrogens (tertiary/aromatic N) is 3. The summed E-state index contributed by atoms with van der Waals surface area (Å²) >= 11 is 0. The van der Waals surface area contributed by atoms with E-state index in [0.717, 1.165) is 37.2 Å². The fourth-order valence-corrected chi connectivity index (χ4v) is 3.38. The standard InChI is InChI=1S/C23H23N5O2/c29-21(19-5-3-6-20(15-19)27-23-24-11-4-12-25-23)26-16-17-7-9-18(10-8-17)22(30)28-13-1-2-14-28/h3-12,15H,1-2,13-14,16H2,(H,26,29)(H,24,25,27). The Morgan fingerprint density at radius 2 is 1.63 bits per heavy atom. The lowest BCUT2D eigenvalue weighted by atomic mass is 10.1. The summed E-state index contributed by atoms with van der Waals surface area (Å²) in [4.78, 5) is 35.1. The van der Waals surface area contributed by atoms with E-state index < -0.39 is 0 Å². The minimum Gasteiger partial charge on any atom is -0.348 e. The number of hydrogen-bond acceptors (Lipinski definition) is 5. The van der Waals surface area contributed by atoms with Gasteiger partial charge in [0.05, 0.1) is 0 Å². The third kappa shape index (κ3) is 4.81. The summed E-state index contributed by atoms with van der Waals surface area (Å²) in [6.45, 7) is 2.05. The minimum atomic E-state index is -0.176. The molecule has 2 aromatic carbocycles. The van der Waals surface area contributed by atoms with Crippen molar-refractivity contribution in [1.29, 1.82) is 0 Å². The van der Waals surface area contributed by atoms with Crippen LogP contribution in [0.15, 0.2) is 67.0 Å². The van der Waals surface area contributed by atoms with Crippen LogP contribution in [-0.4, -0.2) is 39.8 Å². The second-order valence-electron chi connectivity index (χ2n) is 7.16. The summed E-state index contributed by atoms with van der Waals surface area (Å²) in [5.41, 5.74) is 2.90. The first-order valence-electron chi connectivity index (χ1n) is 9.99. The van der Waals surface area contributed by atoms with Crippen LogP contribution in [0.5, 0.6) is 0 Å². The smallest absolute Gasteiger partial charge is 0.253 e. The average molecular weight is 401 g/mol. The molecule has 1 saturated heterocycles. The van der Waals surface area contributed by atoms with Crippen LogP contribution >= 0.6 is 0 Å². The van der Waals surface area contributed by atoms with E-state index in [9.17, 15) is 9.59 Å². The predicted molar refractivity (Wildman–Crippen MR) is 115 cm³/mol. The molecule has 4 rings (SSSR count). The maximum atomic E-state index is 12.5. The van der Waals surface area contributed by atoms with E-state index in [1.165, 1.54) is 0 Å². The maximum Gasteiger partial charge on any atom is 0.253 e. The van der Waals surface area contributed by atoms with Gasteiger partial charge in [-0.3, -0.25) is 9.59 Å². The molecule has 1 aliphatic rings. The highest BCUT2D eigenvalue weighted by Gasteiger charge is 2.19. The molecule has 1 aliphatic heterocycles. The molecule has 0 atom stereocenters. The van der Waals surface area contributed by atoms with Crippen molar-refractivity contribution >= 4 is 23.5 Å².